The van der Waals surface area contributed by atoms with Crippen LogP contribution in [0.25, 0.3) is 38.0 Å². The van der Waals surface area contributed by atoms with Crippen molar-refractivity contribution in [3.8, 4) is 5.75 Å². The Kier molecular flexibility index (Phi) is 2.29. The van der Waals surface area contributed by atoms with E-state index in [1.165, 1.54) is 0 Å². The molecule has 0 unspecified atom stereocenters. The van der Waals surface area contributed by atoms with Gasteiger partial charge < -0.3 is 4.74 Å². The van der Waals surface area contributed by atoms with Crippen molar-refractivity contribution in [2.24, 2.45) is 0 Å². The number of aromatic nitrogens is 1. The maximum atomic E-state index is 13.1. The Morgan fingerprint density at radius 2 is 1.48 bits per heavy atom. The van der Waals surface area contributed by atoms with E-state index < -0.39 is 0 Å². The molecule has 0 saturated heterocycles. The molecule has 0 atom stereocenters. The molecule has 0 fully saturated rings. The number of pyridine rings is 1. The summed E-state index contributed by atoms with van der Waals surface area (Å²) in [6.07, 6.45) is 0. The summed E-state index contributed by atoms with van der Waals surface area (Å²) >= 11 is 0. The smallest absolute Gasteiger partial charge is 0.263 e. The molecule has 0 spiro atoms. The zero-order valence-corrected chi connectivity index (χ0v) is 12.5. The van der Waals surface area contributed by atoms with Crippen LogP contribution in [0.2, 0.25) is 0 Å². The molecular formula is C20H13NO2. The molecule has 0 radical (unpaired) electrons. The van der Waals surface area contributed by atoms with E-state index in [-0.39, 0.29) is 5.56 Å². The molecule has 2 heterocycles. The van der Waals surface area contributed by atoms with Crippen LogP contribution in [0.1, 0.15) is 0 Å². The Hall–Kier alpha value is -3.07. The Morgan fingerprint density at radius 1 is 0.783 bits per heavy atom. The van der Waals surface area contributed by atoms with E-state index in [1.54, 1.807) is 7.11 Å². The second kappa shape index (κ2) is 4.23. The third kappa shape index (κ3) is 1.41. The first-order valence-corrected chi connectivity index (χ1v) is 7.55. The third-order valence-electron chi connectivity index (χ3n) is 4.64. The molecular weight excluding hydrogens is 286 g/mol. The molecule has 0 aliphatic heterocycles. The van der Waals surface area contributed by atoms with Crippen molar-refractivity contribution in [1.82, 2.24) is 4.40 Å². The molecule has 0 bridgehead atoms. The van der Waals surface area contributed by atoms with Crippen molar-refractivity contribution in [2.75, 3.05) is 7.11 Å². The summed E-state index contributed by atoms with van der Waals surface area (Å²) in [5, 5.41) is 4.88. The lowest BCUT2D eigenvalue weighted by Crippen LogP contribution is -2.12. The van der Waals surface area contributed by atoms with Gasteiger partial charge >= 0.3 is 0 Å². The summed E-state index contributed by atoms with van der Waals surface area (Å²) in [7, 11) is 1.66. The number of fused-ring (bicyclic) bond motifs is 5. The average Bonchev–Trinajstić information content (AvgIpc) is 2.95. The molecule has 3 aromatic carbocycles. The van der Waals surface area contributed by atoms with Gasteiger partial charge in [-0.05, 0) is 23.6 Å². The number of hydrogen-bond acceptors (Lipinski definition) is 2. The van der Waals surface area contributed by atoms with Gasteiger partial charge in [0.2, 0.25) is 0 Å². The van der Waals surface area contributed by atoms with Crippen molar-refractivity contribution in [3.63, 3.8) is 0 Å². The first-order valence-electron chi connectivity index (χ1n) is 7.55. The molecule has 3 heteroatoms. The maximum Gasteiger partial charge on any atom is 0.263 e. The van der Waals surface area contributed by atoms with Gasteiger partial charge in [-0.15, -0.1) is 0 Å². The average molecular weight is 299 g/mol. The summed E-state index contributed by atoms with van der Waals surface area (Å²) in [4.78, 5) is 13.1. The van der Waals surface area contributed by atoms with Crippen LogP contribution in [-0.2, 0) is 0 Å². The maximum absolute atomic E-state index is 13.1. The number of hydrogen-bond donors (Lipinski definition) is 0. The van der Waals surface area contributed by atoms with Crippen LogP contribution in [0.3, 0.4) is 0 Å². The summed E-state index contributed by atoms with van der Waals surface area (Å²) in [5.41, 5.74) is 1.88. The topological polar surface area (TPSA) is 30.7 Å². The van der Waals surface area contributed by atoms with Gasteiger partial charge in [-0.3, -0.25) is 9.20 Å². The lowest BCUT2D eigenvalue weighted by atomic mass is 10.0. The fourth-order valence-corrected chi connectivity index (χ4v) is 3.71. The van der Waals surface area contributed by atoms with Gasteiger partial charge in [0, 0.05) is 16.2 Å². The predicted octanol–water partition coefficient (Wildman–Crippen LogP) is 4.21. The monoisotopic (exact) mass is 299 g/mol. The molecule has 5 aromatic rings. The molecule has 110 valence electrons. The van der Waals surface area contributed by atoms with Crippen LogP contribution in [0.5, 0.6) is 5.75 Å². The van der Waals surface area contributed by atoms with Crippen molar-refractivity contribution >= 4 is 38.0 Å². The number of para-hydroxylation sites is 1. The molecule has 5 rings (SSSR count). The molecule has 0 N–H and O–H groups in total. The number of methoxy groups -OCH3 is 1. The lowest BCUT2D eigenvalue weighted by molar-refractivity contribution is 0.420. The minimum atomic E-state index is 0.0209. The van der Waals surface area contributed by atoms with Crippen LogP contribution in [0.4, 0.5) is 0 Å². The number of rotatable bonds is 1. The Balaban J connectivity index is 2.27. The fourth-order valence-electron chi connectivity index (χ4n) is 3.71. The van der Waals surface area contributed by atoms with Gasteiger partial charge in [-0.2, -0.15) is 0 Å². The molecule has 0 amide bonds. The standard InChI is InChI=1S/C20H13NO2/c1-23-17-11-5-10-16-18(17)15-9-4-8-13-12-6-2-3-7-14(12)20(22)21(16)19(13)15/h2-11H,1H3. The van der Waals surface area contributed by atoms with Gasteiger partial charge in [0.1, 0.15) is 5.75 Å². The van der Waals surface area contributed by atoms with Crippen molar-refractivity contribution in [3.05, 3.63) is 71.0 Å². The largest absolute Gasteiger partial charge is 0.496 e. The van der Waals surface area contributed by atoms with Crippen LogP contribution < -0.4 is 10.3 Å². The van der Waals surface area contributed by atoms with Crippen LogP contribution in [-0.4, -0.2) is 11.5 Å². The van der Waals surface area contributed by atoms with Gasteiger partial charge in [-0.1, -0.05) is 42.5 Å². The van der Waals surface area contributed by atoms with E-state index >= 15 is 0 Å². The molecule has 0 aliphatic carbocycles. The second-order valence-corrected chi connectivity index (χ2v) is 5.74. The highest BCUT2D eigenvalue weighted by molar-refractivity contribution is 6.21. The van der Waals surface area contributed by atoms with Crippen molar-refractivity contribution in [1.29, 1.82) is 0 Å². The van der Waals surface area contributed by atoms with Gasteiger partial charge in [0.25, 0.3) is 5.56 Å². The number of benzene rings is 3. The normalized spacial score (nSPS) is 11.9. The molecule has 0 saturated carbocycles. The molecule has 0 aliphatic rings. The molecule has 2 aromatic heterocycles. The minimum Gasteiger partial charge on any atom is -0.496 e. The lowest BCUT2D eigenvalue weighted by Gasteiger charge is -2.05. The molecule has 3 nitrogen and oxygen atoms in total. The van der Waals surface area contributed by atoms with E-state index in [4.69, 9.17) is 4.74 Å². The zero-order valence-electron chi connectivity index (χ0n) is 12.5. The predicted molar refractivity (Wildman–Crippen MR) is 93.9 cm³/mol. The SMILES string of the molecule is COc1cccc2c1c1cccc3c4ccccc4c(=O)n2c31. The van der Waals surface area contributed by atoms with E-state index in [2.05, 4.69) is 12.1 Å². The second-order valence-electron chi connectivity index (χ2n) is 5.74. The van der Waals surface area contributed by atoms with Crippen molar-refractivity contribution < 1.29 is 4.74 Å². The summed E-state index contributed by atoms with van der Waals surface area (Å²) in [6, 6.07) is 19.8. The first kappa shape index (κ1) is 12.5. The molecule has 23 heavy (non-hydrogen) atoms. The summed E-state index contributed by atoms with van der Waals surface area (Å²) in [6.45, 7) is 0. The van der Waals surface area contributed by atoms with Gasteiger partial charge in [0.15, 0.2) is 0 Å². The zero-order chi connectivity index (χ0) is 15.6. The van der Waals surface area contributed by atoms with Gasteiger partial charge in [0.05, 0.1) is 23.5 Å². The summed E-state index contributed by atoms with van der Waals surface area (Å²) in [5.74, 6) is 0.794. The highest BCUT2D eigenvalue weighted by Crippen LogP contribution is 2.38. The fraction of sp³-hybridized carbons (Fsp3) is 0.0500. The number of nitrogens with zero attached hydrogens (tertiary/aromatic N) is 1. The van der Waals surface area contributed by atoms with E-state index in [9.17, 15) is 4.79 Å². The third-order valence-corrected chi connectivity index (χ3v) is 4.64. The van der Waals surface area contributed by atoms with Gasteiger partial charge in [-0.25, -0.2) is 0 Å². The minimum absolute atomic E-state index is 0.0209. The van der Waals surface area contributed by atoms with E-state index in [1.807, 2.05) is 52.9 Å². The van der Waals surface area contributed by atoms with Crippen LogP contribution in [0.15, 0.2) is 65.5 Å². The van der Waals surface area contributed by atoms with Crippen molar-refractivity contribution in [2.45, 2.75) is 0 Å². The van der Waals surface area contributed by atoms with Crippen LogP contribution in [0, 0.1) is 0 Å². The first-order chi connectivity index (χ1) is 11.3. The van der Waals surface area contributed by atoms with E-state index in [0.29, 0.717) is 0 Å². The Morgan fingerprint density at radius 3 is 2.30 bits per heavy atom. The summed E-state index contributed by atoms with van der Waals surface area (Å²) < 4.78 is 7.37. The van der Waals surface area contributed by atoms with Crippen LogP contribution >= 0.6 is 0 Å². The highest BCUT2D eigenvalue weighted by Gasteiger charge is 2.18. The van der Waals surface area contributed by atoms with E-state index in [0.717, 1.165) is 43.7 Å². The Labute approximate surface area is 131 Å². The number of ether oxygens (including phenoxy) is 1. The quantitative estimate of drug-likeness (QED) is 0.434. The Bertz CT molecular complexity index is 1270. The highest BCUT2D eigenvalue weighted by atomic mass is 16.5.